The third kappa shape index (κ3) is 3.35. The van der Waals surface area contributed by atoms with Crippen LogP contribution in [-0.2, 0) is 10.0 Å². The van der Waals surface area contributed by atoms with Crippen molar-refractivity contribution in [2.75, 3.05) is 4.72 Å². The maximum absolute atomic E-state index is 14.3. The lowest BCUT2D eigenvalue weighted by Gasteiger charge is -2.11. The average molecular weight is 428 g/mol. The fourth-order valence-corrected chi connectivity index (χ4v) is 3.63. The molecule has 0 atom stereocenters. The molecule has 1 aromatic heterocycles. The van der Waals surface area contributed by atoms with Crippen molar-refractivity contribution in [3.8, 4) is 0 Å². The minimum Gasteiger partial charge on any atom is -0.316 e. The summed E-state index contributed by atoms with van der Waals surface area (Å²) in [5, 5.41) is 0. The van der Waals surface area contributed by atoms with E-state index in [9.17, 15) is 22.4 Å². The van der Waals surface area contributed by atoms with Crippen LogP contribution in [0.4, 0.5) is 10.1 Å². The SMILES string of the molecule is Cc1cc(NS(=O)(=O)c2cc3[nH]c(=O)c(=O)[nH]c3cc2F)ccc1Br. The first-order valence-electron chi connectivity index (χ1n) is 6.92. The van der Waals surface area contributed by atoms with Crippen LogP contribution < -0.4 is 15.8 Å². The molecule has 0 aliphatic heterocycles. The molecule has 10 heteroatoms. The molecule has 3 N–H and O–H groups in total. The van der Waals surface area contributed by atoms with Crippen LogP contribution in [-0.4, -0.2) is 18.4 Å². The minimum absolute atomic E-state index is 0.00152. The predicted molar refractivity (Wildman–Crippen MR) is 94.8 cm³/mol. The lowest BCUT2D eigenvalue weighted by atomic mass is 10.2. The van der Waals surface area contributed by atoms with Crippen molar-refractivity contribution < 1.29 is 12.8 Å². The zero-order chi connectivity index (χ0) is 18.4. The summed E-state index contributed by atoms with van der Waals surface area (Å²) in [5.74, 6) is -1.06. The summed E-state index contributed by atoms with van der Waals surface area (Å²) < 4.78 is 42.3. The monoisotopic (exact) mass is 427 g/mol. The summed E-state index contributed by atoms with van der Waals surface area (Å²) in [6.07, 6.45) is 0. The van der Waals surface area contributed by atoms with Gasteiger partial charge in [0.15, 0.2) is 0 Å². The molecule has 3 rings (SSSR count). The van der Waals surface area contributed by atoms with Crippen LogP contribution in [0.1, 0.15) is 5.56 Å². The smallest absolute Gasteiger partial charge is 0.314 e. The Bertz CT molecular complexity index is 1220. The highest BCUT2D eigenvalue weighted by atomic mass is 79.9. The van der Waals surface area contributed by atoms with Gasteiger partial charge in [-0.05, 0) is 36.8 Å². The van der Waals surface area contributed by atoms with Crippen molar-refractivity contribution in [3.05, 3.63) is 66.9 Å². The van der Waals surface area contributed by atoms with Gasteiger partial charge in [-0.25, -0.2) is 12.8 Å². The Morgan fingerprint density at radius 3 is 2.24 bits per heavy atom. The van der Waals surface area contributed by atoms with Crippen molar-refractivity contribution in [2.24, 2.45) is 0 Å². The summed E-state index contributed by atoms with van der Waals surface area (Å²) in [6, 6.07) is 6.56. The van der Waals surface area contributed by atoms with E-state index in [1.165, 1.54) is 6.07 Å². The van der Waals surface area contributed by atoms with E-state index < -0.39 is 31.9 Å². The molecular formula is C15H11BrFN3O4S. The number of aromatic nitrogens is 2. The first kappa shape index (κ1) is 17.4. The number of hydrogen-bond donors (Lipinski definition) is 3. The summed E-state index contributed by atoms with van der Waals surface area (Å²) in [5.41, 5.74) is -0.875. The number of aromatic amines is 2. The molecule has 130 valence electrons. The number of H-pyrrole nitrogens is 2. The number of sulfonamides is 1. The average Bonchev–Trinajstić information content (AvgIpc) is 2.51. The highest BCUT2D eigenvalue weighted by Crippen LogP contribution is 2.24. The van der Waals surface area contributed by atoms with E-state index in [0.717, 1.165) is 22.2 Å². The molecule has 0 unspecified atom stereocenters. The van der Waals surface area contributed by atoms with E-state index in [0.29, 0.717) is 0 Å². The number of hydrogen-bond acceptors (Lipinski definition) is 4. The molecule has 0 spiro atoms. The number of benzene rings is 2. The molecule has 0 fully saturated rings. The topological polar surface area (TPSA) is 112 Å². The number of nitrogens with one attached hydrogen (secondary N) is 3. The van der Waals surface area contributed by atoms with Crippen molar-refractivity contribution in [1.29, 1.82) is 0 Å². The summed E-state index contributed by atoms with van der Waals surface area (Å²) in [4.78, 5) is 26.4. The summed E-state index contributed by atoms with van der Waals surface area (Å²) >= 11 is 3.31. The van der Waals surface area contributed by atoms with Gasteiger partial charge in [-0.1, -0.05) is 15.9 Å². The Balaban J connectivity index is 2.11. The standard InChI is InChI=1S/C15H11BrFN3O4S/c1-7-4-8(2-3-9(7)16)20-25(23,24)13-6-12-11(5-10(13)17)18-14(21)15(22)19-12/h2-6,20H,1H3,(H,18,21)(H,19,22). The maximum Gasteiger partial charge on any atom is 0.314 e. The van der Waals surface area contributed by atoms with Gasteiger partial charge in [-0.15, -0.1) is 0 Å². The number of fused-ring (bicyclic) bond motifs is 1. The molecule has 7 nitrogen and oxygen atoms in total. The Morgan fingerprint density at radius 2 is 1.64 bits per heavy atom. The van der Waals surface area contributed by atoms with Gasteiger partial charge in [0, 0.05) is 16.2 Å². The van der Waals surface area contributed by atoms with Crippen LogP contribution in [0.15, 0.2) is 49.3 Å². The van der Waals surface area contributed by atoms with Gasteiger partial charge < -0.3 is 9.97 Å². The van der Waals surface area contributed by atoms with Gasteiger partial charge in [0.1, 0.15) is 10.7 Å². The Labute approximate surface area is 149 Å². The highest BCUT2D eigenvalue weighted by Gasteiger charge is 2.21. The second-order valence-corrected chi connectivity index (χ2v) is 7.81. The predicted octanol–water partition coefficient (Wildman–Crippen LogP) is 2.23. The van der Waals surface area contributed by atoms with Crippen LogP contribution in [0.3, 0.4) is 0 Å². The minimum atomic E-state index is -4.24. The molecule has 0 saturated carbocycles. The zero-order valence-corrected chi connectivity index (χ0v) is 15.1. The zero-order valence-electron chi connectivity index (χ0n) is 12.7. The van der Waals surface area contributed by atoms with Crippen LogP contribution in [0.25, 0.3) is 11.0 Å². The van der Waals surface area contributed by atoms with Gasteiger partial charge >= 0.3 is 11.1 Å². The van der Waals surface area contributed by atoms with E-state index >= 15 is 0 Å². The number of halogens is 2. The molecule has 0 aliphatic rings. The first-order chi connectivity index (χ1) is 11.7. The van der Waals surface area contributed by atoms with Gasteiger partial charge in [0.2, 0.25) is 0 Å². The normalized spacial score (nSPS) is 11.6. The van der Waals surface area contributed by atoms with E-state index in [2.05, 4.69) is 30.6 Å². The van der Waals surface area contributed by atoms with Gasteiger partial charge in [0.05, 0.1) is 11.0 Å². The lowest BCUT2D eigenvalue weighted by molar-refractivity contribution is 0.571. The van der Waals surface area contributed by atoms with E-state index in [4.69, 9.17) is 0 Å². The second-order valence-electron chi connectivity index (χ2n) is 5.31. The van der Waals surface area contributed by atoms with Crippen molar-refractivity contribution in [3.63, 3.8) is 0 Å². The third-order valence-corrected chi connectivity index (χ3v) is 5.76. The molecule has 0 aliphatic carbocycles. The number of rotatable bonds is 3. The summed E-state index contributed by atoms with van der Waals surface area (Å²) in [6.45, 7) is 1.78. The highest BCUT2D eigenvalue weighted by molar-refractivity contribution is 9.10. The van der Waals surface area contributed by atoms with Crippen LogP contribution in [0.5, 0.6) is 0 Å². The molecule has 0 bridgehead atoms. The van der Waals surface area contributed by atoms with Gasteiger partial charge in [-0.3, -0.25) is 14.3 Å². The van der Waals surface area contributed by atoms with Crippen molar-refractivity contribution in [1.82, 2.24) is 9.97 Å². The molecule has 3 aromatic rings. The van der Waals surface area contributed by atoms with Gasteiger partial charge in [0.25, 0.3) is 10.0 Å². The van der Waals surface area contributed by atoms with Gasteiger partial charge in [-0.2, -0.15) is 0 Å². The number of aryl methyl sites for hydroxylation is 1. The van der Waals surface area contributed by atoms with E-state index in [1.54, 1.807) is 19.1 Å². The maximum atomic E-state index is 14.3. The molecule has 2 aromatic carbocycles. The number of anilines is 1. The largest absolute Gasteiger partial charge is 0.316 e. The molecule has 1 heterocycles. The van der Waals surface area contributed by atoms with E-state index in [1.807, 2.05) is 0 Å². The Hall–Kier alpha value is -2.46. The summed E-state index contributed by atoms with van der Waals surface area (Å²) in [7, 11) is -4.24. The molecule has 0 radical (unpaired) electrons. The Morgan fingerprint density at radius 1 is 1.04 bits per heavy atom. The fraction of sp³-hybridized carbons (Fsp3) is 0.0667. The molecule has 0 saturated heterocycles. The second kappa shape index (κ2) is 6.12. The fourth-order valence-electron chi connectivity index (χ4n) is 2.24. The van der Waals surface area contributed by atoms with Crippen LogP contribution in [0, 0.1) is 12.7 Å². The molecule has 0 amide bonds. The first-order valence-corrected chi connectivity index (χ1v) is 9.20. The van der Waals surface area contributed by atoms with Crippen molar-refractivity contribution in [2.45, 2.75) is 11.8 Å². The quantitative estimate of drug-likeness (QED) is 0.556. The van der Waals surface area contributed by atoms with Crippen LogP contribution in [0.2, 0.25) is 0 Å². The molecule has 25 heavy (non-hydrogen) atoms. The van der Waals surface area contributed by atoms with Crippen molar-refractivity contribution >= 4 is 42.7 Å². The Kier molecular flexibility index (Phi) is 4.25. The lowest BCUT2D eigenvalue weighted by Crippen LogP contribution is -2.29. The van der Waals surface area contributed by atoms with E-state index in [-0.39, 0.29) is 16.7 Å². The molecular weight excluding hydrogens is 417 g/mol. The van der Waals surface area contributed by atoms with Crippen LogP contribution >= 0.6 is 15.9 Å². The third-order valence-electron chi connectivity index (χ3n) is 3.47.